The first-order valence-electron chi connectivity index (χ1n) is 9.98. The van der Waals surface area contributed by atoms with E-state index >= 15 is 0 Å². The van der Waals surface area contributed by atoms with Gasteiger partial charge in [0.2, 0.25) is 5.60 Å². The maximum atomic E-state index is 13.5. The number of nitrogens with one attached hydrogen (secondary N) is 1. The second-order valence-electron chi connectivity index (χ2n) is 7.89. The van der Waals surface area contributed by atoms with Crippen LogP contribution in [0.1, 0.15) is 29.3 Å². The standard InChI is InChI=1S/C22H19FN4O6/c1-22(21(30)31)10-27-17-16(15(26-32)14(20(27)29)19(28)24-2)25-9-12(18(17)33-22)8-11-4-3-5-13(23)7-6-11/h3,5-7,9H,4,8,10H2,1-2H3,(H,24,28)(H,30,31)/t22-/m1/s1. The number of allylic oxidation sites excluding steroid dienone is 6. The van der Waals surface area contributed by atoms with Crippen molar-refractivity contribution < 1.29 is 23.8 Å². The molecular formula is C22H19FN4O6. The van der Waals surface area contributed by atoms with Crippen LogP contribution in [0.15, 0.2) is 51.9 Å². The van der Waals surface area contributed by atoms with E-state index in [2.05, 4.69) is 15.5 Å². The number of aliphatic carboxylic acids is 1. The zero-order valence-corrected chi connectivity index (χ0v) is 17.7. The van der Waals surface area contributed by atoms with Gasteiger partial charge >= 0.3 is 5.97 Å². The first-order chi connectivity index (χ1) is 15.7. The van der Waals surface area contributed by atoms with Gasteiger partial charge in [0.25, 0.3) is 11.5 Å². The number of carboxylic acids is 1. The molecule has 0 saturated heterocycles. The van der Waals surface area contributed by atoms with Crippen LogP contribution in [0.3, 0.4) is 0 Å². The van der Waals surface area contributed by atoms with Crippen molar-refractivity contribution in [3.8, 4) is 5.75 Å². The molecule has 0 saturated carbocycles. The van der Waals surface area contributed by atoms with Crippen molar-refractivity contribution in [3.05, 3.63) is 68.3 Å². The van der Waals surface area contributed by atoms with E-state index < -0.39 is 46.7 Å². The number of nitroso groups, excluding NO2 is 1. The van der Waals surface area contributed by atoms with Gasteiger partial charge in [-0.25, -0.2) is 9.18 Å². The lowest BCUT2D eigenvalue weighted by molar-refractivity contribution is -0.155. The first-order valence-corrected chi connectivity index (χ1v) is 9.98. The SMILES string of the molecule is CNC(=O)c1c(N=O)c2ncc(CC3=CC=C(F)C=CC3)c3c2n(c1=O)C[C@](C)(C(=O)O)O3. The van der Waals surface area contributed by atoms with Crippen LogP contribution < -0.4 is 15.6 Å². The number of aromatic nitrogens is 2. The van der Waals surface area contributed by atoms with E-state index in [1.54, 1.807) is 12.2 Å². The summed E-state index contributed by atoms with van der Waals surface area (Å²) in [5.74, 6) is -2.53. The Hall–Kier alpha value is -4.15. The Kier molecular flexibility index (Phi) is 5.40. The molecule has 1 aliphatic carbocycles. The number of amides is 1. The number of halogens is 1. The van der Waals surface area contributed by atoms with Crippen molar-refractivity contribution in [2.45, 2.75) is 31.9 Å². The van der Waals surface area contributed by atoms with Gasteiger partial charge < -0.3 is 15.2 Å². The van der Waals surface area contributed by atoms with Gasteiger partial charge in [-0.15, -0.1) is 4.91 Å². The fourth-order valence-corrected chi connectivity index (χ4v) is 3.90. The average molecular weight is 454 g/mol. The number of carbonyl (C=O) groups is 2. The number of rotatable bonds is 5. The van der Waals surface area contributed by atoms with Crippen LogP contribution in [-0.2, 0) is 17.8 Å². The van der Waals surface area contributed by atoms with E-state index in [4.69, 9.17) is 4.74 Å². The van der Waals surface area contributed by atoms with E-state index in [0.29, 0.717) is 12.0 Å². The van der Waals surface area contributed by atoms with Crippen LogP contribution in [0.5, 0.6) is 5.75 Å². The van der Waals surface area contributed by atoms with E-state index in [0.717, 1.165) is 10.1 Å². The smallest absolute Gasteiger partial charge is 0.349 e. The van der Waals surface area contributed by atoms with Crippen molar-refractivity contribution in [1.82, 2.24) is 14.9 Å². The summed E-state index contributed by atoms with van der Waals surface area (Å²) >= 11 is 0. The first kappa shape index (κ1) is 22.1. The molecule has 10 nitrogen and oxygen atoms in total. The second kappa shape index (κ2) is 8.08. The molecule has 2 aliphatic rings. The Balaban J connectivity index is 2.02. The van der Waals surface area contributed by atoms with Crippen molar-refractivity contribution in [2.24, 2.45) is 5.18 Å². The third kappa shape index (κ3) is 3.60. The molecule has 0 spiro atoms. The lowest BCUT2D eigenvalue weighted by Gasteiger charge is -2.34. The predicted molar refractivity (Wildman–Crippen MR) is 116 cm³/mol. The molecule has 33 heavy (non-hydrogen) atoms. The highest BCUT2D eigenvalue weighted by Gasteiger charge is 2.43. The van der Waals surface area contributed by atoms with Crippen molar-refractivity contribution in [2.75, 3.05) is 7.05 Å². The third-order valence-electron chi connectivity index (χ3n) is 5.61. The normalized spacial score (nSPS) is 19.2. The minimum atomic E-state index is -1.83. The molecule has 0 fully saturated rings. The quantitative estimate of drug-likeness (QED) is 0.662. The van der Waals surface area contributed by atoms with Crippen LogP contribution in [0.4, 0.5) is 10.1 Å². The zero-order valence-electron chi connectivity index (χ0n) is 17.7. The molecule has 2 aromatic rings. The number of carbonyl (C=O) groups excluding carboxylic acids is 1. The molecular weight excluding hydrogens is 435 g/mol. The summed E-state index contributed by atoms with van der Waals surface area (Å²) < 4.78 is 20.5. The third-order valence-corrected chi connectivity index (χ3v) is 5.61. The lowest BCUT2D eigenvalue weighted by Crippen LogP contribution is -2.50. The highest BCUT2D eigenvalue weighted by molar-refractivity contribution is 6.06. The summed E-state index contributed by atoms with van der Waals surface area (Å²) in [4.78, 5) is 53.5. The van der Waals surface area contributed by atoms with Crippen molar-refractivity contribution >= 4 is 28.6 Å². The van der Waals surface area contributed by atoms with Crippen LogP contribution in [0.25, 0.3) is 11.0 Å². The summed E-state index contributed by atoms with van der Waals surface area (Å²) in [5, 5.41) is 15.0. The molecule has 1 atom stereocenters. The summed E-state index contributed by atoms with van der Waals surface area (Å²) in [6.45, 7) is 0.885. The number of hydrogen-bond acceptors (Lipinski definition) is 7. The Bertz CT molecular complexity index is 1370. The summed E-state index contributed by atoms with van der Waals surface area (Å²) in [6, 6.07) is 0. The minimum absolute atomic E-state index is 0.0418. The van der Waals surface area contributed by atoms with E-state index in [9.17, 15) is 28.8 Å². The monoisotopic (exact) mass is 454 g/mol. The molecule has 2 N–H and O–H groups in total. The fourth-order valence-electron chi connectivity index (χ4n) is 3.90. The van der Waals surface area contributed by atoms with Crippen LogP contribution >= 0.6 is 0 Å². The Morgan fingerprint density at radius 2 is 2.15 bits per heavy atom. The van der Waals surface area contributed by atoms with Gasteiger partial charge in [0.1, 0.15) is 22.4 Å². The second-order valence-corrected chi connectivity index (χ2v) is 7.89. The molecule has 2 aromatic heterocycles. The van der Waals surface area contributed by atoms with Gasteiger partial charge in [-0.2, -0.15) is 0 Å². The van der Waals surface area contributed by atoms with Gasteiger partial charge in [0, 0.05) is 18.8 Å². The van der Waals surface area contributed by atoms with Gasteiger partial charge in [-0.05, 0) is 37.1 Å². The maximum absolute atomic E-state index is 13.5. The molecule has 0 aromatic carbocycles. The summed E-state index contributed by atoms with van der Waals surface area (Å²) in [7, 11) is 1.29. The molecule has 4 rings (SSSR count). The number of ether oxygens (including phenoxy) is 1. The highest BCUT2D eigenvalue weighted by Crippen LogP contribution is 2.40. The summed E-state index contributed by atoms with van der Waals surface area (Å²) in [6.07, 6.45) is 7.92. The fraction of sp³-hybridized carbons (Fsp3) is 0.273. The Morgan fingerprint density at radius 3 is 2.82 bits per heavy atom. The Morgan fingerprint density at radius 1 is 1.39 bits per heavy atom. The van der Waals surface area contributed by atoms with Gasteiger partial charge in [0.05, 0.1) is 6.54 Å². The highest BCUT2D eigenvalue weighted by atomic mass is 19.1. The largest absolute Gasteiger partial charge is 0.478 e. The molecule has 0 unspecified atom stereocenters. The maximum Gasteiger partial charge on any atom is 0.349 e. The van der Waals surface area contributed by atoms with E-state index in [1.165, 1.54) is 32.3 Å². The van der Waals surface area contributed by atoms with E-state index in [-0.39, 0.29) is 23.2 Å². The molecule has 1 amide bonds. The van der Waals surface area contributed by atoms with Crippen LogP contribution in [0.2, 0.25) is 0 Å². The molecule has 11 heteroatoms. The molecule has 1 aliphatic heterocycles. The topological polar surface area (TPSA) is 140 Å². The number of hydrogen-bond donors (Lipinski definition) is 2. The minimum Gasteiger partial charge on any atom is -0.478 e. The predicted octanol–water partition coefficient (Wildman–Crippen LogP) is 2.67. The Labute approximate surface area is 186 Å². The van der Waals surface area contributed by atoms with E-state index in [1.807, 2.05) is 0 Å². The van der Waals surface area contributed by atoms with Crippen LogP contribution in [-0.4, -0.2) is 39.2 Å². The van der Waals surface area contributed by atoms with Crippen molar-refractivity contribution in [3.63, 3.8) is 0 Å². The van der Waals surface area contributed by atoms with Gasteiger partial charge in [0.15, 0.2) is 11.4 Å². The molecule has 3 heterocycles. The van der Waals surface area contributed by atoms with Gasteiger partial charge in [-0.1, -0.05) is 17.7 Å². The molecule has 0 bridgehead atoms. The lowest BCUT2D eigenvalue weighted by atomic mass is 9.98. The molecule has 170 valence electrons. The van der Waals surface area contributed by atoms with Gasteiger partial charge in [-0.3, -0.25) is 19.1 Å². The zero-order chi connectivity index (χ0) is 23.9. The number of pyridine rings is 2. The average Bonchev–Trinajstić information content (AvgIpc) is 3.00. The van der Waals surface area contributed by atoms with Crippen molar-refractivity contribution in [1.29, 1.82) is 0 Å². The van der Waals surface area contributed by atoms with Crippen LogP contribution in [0, 0.1) is 4.91 Å². The molecule has 0 radical (unpaired) electrons. The number of nitrogens with zero attached hydrogens (tertiary/aromatic N) is 3. The summed E-state index contributed by atoms with van der Waals surface area (Å²) in [5.41, 5.74) is -2.47. The number of carboxylic acid groups (broad SMARTS) is 1.